The van der Waals surface area contributed by atoms with Crippen LogP contribution in [-0.2, 0) is 27.9 Å². The number of rotatable bonds is 48. The highest BCUT2D eigenvalue weighted by molar-refractivity contribution is 7.47. The molecule has 0 heterocycles. The summed E-state index contributed by atoms with van der Waals surface area (Å²) >= 11 is 0. The predicted octanol–water partition coefficient (Wildman–Crippen LogP) is 16.1. The van der Waals surface area contributed by atoms with Crippen LogP contribution in [0.25, 0.3) is 0 Å². The first-order valence-electron chi connectivity index (χ1n) is 26.0. The molecule has 0 aromatic rings. The van der Waals surface area contributed by atoms with Gasteiger partial charge in [-0.1, -0.05) is 197 Å². The molecule has 9 heteroatoms. The summed E-state index contributed by atoms with van der Waals surface area (Å²) in [5.74, 6) is -0.319. The number of phosphoric acid groups is 1. The van der Waals surface area contributed by atoms with Crippen LogP contribution in [0.2, 0.25) is 0 Å². The molecule has 0 saturated carbocycles. The molecule has 8 nitrogen and oxygen atoms in total. The highest BCUT2D eigenvalue weighted by Gasteiger charge is 2.26. The monoisotopic (exact) mass is 907 g/mol. The zero-order valence-corrected chi connectivity index (χ0v) is 42.7. The Labute approximate surface area is 390 Å². The lowest BCUT2D eigenvalue weighted by Crippen LogP contribution is -2.37. The Morgan fingerprint density at radius 1 is 0.508 bits per heavy atom. The zero-order valence-electron chi connectivity index (χ0n) is 41.8. The molecule has 0 aromatic heterocycles. The van der Waals surface area contributed by atoms with Gasteiger partial charge in [-0.2, -0.15) is 0 Å². The number of ether oxygens (including phenoxy) is 2. The molecule has 368 valence electrons. The van der Waals surface area contributed by atoms with Crippen molar-refractivity contribution < 1.29 is 37.3 Å². The smallest absolute Gasteiger partial charge is 0.457 e. The zero-order chi connectivity index (χ0) is 46.2. The number of likely N-dealkylation sites (N-methyl/N-ethyl adjacent to an activating group) is 1. The minimum atomic E-state index is -4.28. The molecule has 0 spiro atoms. The van der Waals surface area contributed by atoms with E-state index in [1.807, 2.05) is 21.1 Å². The maximum atomic E-state index is 12.8. The van der Waals surface area contributed by atoms with Gasteiger partial charge in [-0.25, -0.2) is 4.57 Å². The topological polar surface area (TPSA) is 91.3 Å². The Kier molecular flexibility index (Phi) is 45.4. The summed E-state index contributed by atoms with van der Waals surface area (Å²) in [7, 11) is 1.66. The van der Waals surface area contributed by atoms with Gasteiger partial charge in [0, 0.05) is 13.0 Å². The molecule has 0 saturated heterocycles. The largest absolute Gasteiger partial charge is 0.472 e. The van der Waals surface area contributed by atoms with Gasteiger partial charge in [0.25, 0.3) is 0 Å². The van der Waals surface area contributed by atoms with Crippen LogP contribution >= 0.6 is 7.82 Å². The molecular formula is C54H101NO7P+. The van der Waals surface area contributed by atoms with Crippen molar-refractivity contribution in [3.63, 3.8) is 0 Å². The minimum absolute atomic E-state index is 0.0857. The number of carbonyl (C=O) groups excluding carboxylic acids is 1. The molecule has 0 amide bonds. The predicted molar refractivity (Wildman–Crippen MR) is 270 cm³/mol. The molecule has 0 bridgehead atoms. The number of quaternary nitrogens is 1. The summed E-state index contributed by atoms with van der Waals surface area (Å²) in [5.41, 5.74) is 0. The number of hydrogen-bond donors (Lipinski definition) is 1. The molecule has 0 fully saturated rings. The molecule has 2 atom stereocenters. The average molecular weight is 907 g/mol. The minimum Gasteiger partial charge on any atom is -0.457 e. The first kappa shape index (κ1) is 61.2. The van der Waals surface area contributed by atoms with Crippen LogP contribution < -0.4 is 0 Å². The van der Waals surface area contributed by atoms with E-state index in [-0.39, 0.29) is 25.8 Å². The fourth-order valence-corrected chi connectivity index (χ4v) is 7.81. The van der Waals surface area contributed by atoms with Gasteiger partial charge in [0.1, 0.15) is 19.3 Å². The number of hydrogen-bond acceptors (Lipinski definition) is 6. The fourth-order valence-electron chi connectivity index (χ4n) is 7.07. The maximum absolute atomic E-state index is 12.8. The van der Waals surface area contributed by atoms with Crippen LogP contribution in [0.1, 0.15) is 219 Å². The fraction of sp³-hybridized carbons (Fsp3) is 0.796. The van der Waals surface area contributed by atoms with Crippen molar-refractivity contribution in [1.29, 1.82) is 0 Å². The van der Waals surface area contributed by atoms with Crippen LogP contribution in [0, 0.1) is 0 Å². The molecule has 2 unspecified atom stereocenters. The van der Waals surface area contributed by atoms with Crippen LogP contribution in [0.3, 0.4) is 0 Å². The average Bonchev–Trinajstić information content (AvgIpc) is 3.24. The normalized spacial score (nSPS) is 14.1. The van der Waals surface area contributed by atoms with Gasteiger partial charge >= 0.3 is 13.8 Å². The van der Waals surface area contributed by atoms with E-state index < -0.39 is 13.9 Å². The molecule has 0 aliphatic heterocycles. The molecule has 0 aliphatic carbocycles. The summed E-state index contributed by atoms with van der Waals surface area (Å²) in [5, 5.41) is 0. The summed E-state index contributed by atoms with van der Waals surface area (Å²) in [6.45, 7) is 5.51. The second kappa shape index (κ2) is 46.7. The lowest BCUT2D eigenvalue weighted by atomic mass is 10.1. The van der Waals surface area contributed by atoms with Crippen LogP contribution in [0.15, 0.2) is 60.8 Å². The van der Waals surface area contributed by atoms with E-state index in [9.17, 15) is 14.3 Å². The van der Waals surface area contributed by atoms with E-state index in [0.29, 0.717) is 24.1 Å². The van der Waals surface area contributed by atoms with E-state index in [4.69, 9.17) is 18.5 Å². The van der Waals surface area contributed by atoms with Gasteiger partial charge in [-0.05, 0) is 77.0 Å². The SMILES string of the molecule is CC/C=C\C/C=C\C/C=C\C/C=C\CCCCCCCCCCCCCOCC(COP(=O)(O)OCC[N+](C)(C)C)OC(=O)CCCCCCCCC/C=C\CCCCCCCC. The Morgan fingerprint density at radius 2 is 0.921 bits per heavy atom. The van der Waals surface area contributed by atoms with Crippen molar-refractivity contribution in [2.75, 3.05) is 54.1 Å². The van der Waals surface area contributed by atoms with Crippen LogP contribution in [0.4, 0.5) is 0 Å². The molecule has 0 radical (unpaired) electrons. The number of allylic oxidation sites excluding steroid dienone is 10. The molecule has 0 rings (SSSR count). The first-order chi connectivity index (χ1) is 30.6. The number of phosphoric ester groups is 1. The van der Waals surface area contributed by atoms with Crippen molar-refractivity contribution in [3.8, 4) is 0 Å². The van der Waals surface area contributed by atoms with E-state index in [1.54, 1.807) is 0 Å². The first-order valence-corrected chi connectivity index (χ1v) is 27.5. The Hall–Kier alpha value is -1.80. The Morgan fingerprint density at radius 3 is 1.40 bits per heavy atom. The summed E-state index contributed by atoms with van der Waals surface area (Å²) in [6.07, 6.45) is 59.8. The number of unbranched alkanes of at least 4 members (excludes halogenated alkanes) is 24. The molecule has 63 heavy (non-hydrogen) atoms. The van der Waals surface area contributed by atoms with Crippen molar-refractivity contribution in [3.05, 3.63) is 60.8 Å². The molecule has 0 aromatic carbocycles. The molecular weight excluding hydrogens is 806 g/mol. The third-order valence-electron chi connectivity index (χ3n) is 11.1. The van der Waals surface area contributed by atoms with Crippen molar-refractivity contribution in [2.45, 2.75) is 225 Å². The van der Waals surface area contributed by atoms with Crippen molar-refractivity contribution >= 4 is 13.8 Å². The van der Waals surface area contributed by atoms with Gasteiger partial charge in [0.2, 0.25) is 0 Å². The van der Waals surface area contributed by atoms with Crippen molar-refractivity contribution in [1.82, 2.24) is 0 Å². The van der Waals surface area contributed by atoms with Crippen LogP contribution in [-0.4, -0.2) is 75.6 Å². The van der Waals surface area contributed by atoms with E-state index >= 15 is 0 Å². The number of carbonyl (C=O) groups is 1. The Bertz CT molecular complexity index is 1190. The van der Waals surface area contributed by atoms with Gasteiger partial charge in [-0.3, -0.25) is 13.8 Å². The molecule has 1 N–H and O–H groups in total. The van der Waals surface area contributed by atoms with E-state index in [0.717, 1.165) is 57.8 Å². The highest BCUT2D eigenvalue weighted by atomic mass is 31.2. The quantitative estimate of drug-likeness (QED) is 0.0214. The van der Waals surface area contributed by atoms with Gasteiger partial charge in [0.05, 0.1) is 34.4 Å². The summed E-state index contributed by atoms with van der Waals surface area (Å²) in [6, 6.07) is 0. The second-order valence-electron chi connectivity index (χ2n) is 18.5. The highest BCUT2D eigenvalue weighted by Crippen LogP contribution is 2.43. The number of esters is 1. The third kappa shape index (κ3) is 51.1. The maximum Gasteiger partial charge on any atom is 0.472 e. The second-order valence-corrected chi connectivity index (χ2v) is 20.0. The summed E-state index contributed by atoms with van der Waals surface area (Å²) in [4.78, 5) is 23.0. The van der Waals surface area contributed by atoms with Gasteiger partial charge < -0.3 is 18.9 Å². The summed E-state index contributed by atoms with van der Waals surface area (Å²) < 4.78 is 35.2. The lowest BCUT2D eigenvalue weighted by molar-refractivity contribution is -0.870. The Balaban J connectivity index is 4.12. The van der Waals surface area contributed by atoms with Crippen LogP contribution in [0.5, 0.6) is 0 Å². The van der Waals surface area contributed by atoms with E-state index in [1.165, 1.54) is 141 Å². The van der Waals surface area contributed by atoms with Gasteiger partial charge in [-0.15, -0.1) is 0 Å². The van der Waals surface area contributed by atoms with Gasteiger partial charge in [0.15, 0.2) is 0 Å². The number of nitrogens with zero attached hydrogens (tertiary/aromatic N) is 1. The molecule has 0 aliphatic rings. The lowest BCUT2D eigenvalue weighted by Gasteiger charge is -2.24. The van der Waals surface area contributed by atoms with Crippen molar-refractivity contribution in [2.24, 2.45) is 0 Å². The van der Waals surface area contributed by atoms with E-state index in [2.05, 4.69) is 74.6 Å². The third-order valence-corrected chi connectivity index (χ3v) is 12.0. The standard InChI is InChI=1S/C54H100NO7P/c1-6-8-10-12-14-16-18-20-22-24-25-26-27-28-29-30-32-34-36-38-40-42-44-46-49-59-51-53(52-61-63(57,58)60-50-48-55(3,4)5)62-54(56)47-45-43-41-39-37-35-33-31-23-21-19-17-15-13-11-9-7-2/h8,10,14,16,20-23,25-26,53H,6-7,9,11-13,15,17-19,24,27-52H2,1-5H3/p+1/b10-8-,16-14-,22-20-,23-21-,26-25-.